The number of aromatic nitrogens is 1. The molecule has 0 saturated carbocycles. The zero-order chi connectivity index (χ0) is 18.6. The third kappa shape index (κ3) is 4.68. The van der Waals surface area contributed by atoms with Gasteiger partial charge < -0.3 is 11.1 Å². The second-order valence-corrected chi connectivity index (χ2v) is 7.30. The minimum Gasteiger partial charge on any atom is -0.367 e. The summed E-state index contributed by atoms with van der Waals surface area (Å²) in [4.78, 5) is 3.71. The van der Waals surface area contributed by atoms with Crippen LogP contribution in [0.1, 0.15) is 19.4 Å². The first kappa shape index (κ1) is 18.7. The molecule has 0 aliphatic carbocycles. The van der Waals surface area contributed by atoms with Gasteiger partial charge in [-0.25, -0.2) is 5.06 Å². The SMILES string of the molecule is Cc1cccc(Nc2ccncc2S(=O)(=O)N=C(N)N(O)C(C)C)c1. The molecule has 9 heteroatoms. The van der Waals surface area contributed by atoms with E-state index < -0.39 is 22.0 Å². The molecule has 0 atom stereocenters. The smallest absolute Gasteiger partial charge is 0.289 e. The third-order valence-corrected chi connectivity index (χ3v) is 4.61. The molecule has 1 aromatic heterocycles. The van der Waals surface area contributed by atoms with E-state index in [0.29, 0.717) is 10.8 Å². The van der Waals surface area contributed by atoms with Crippen LogP contribution in [-0.2, 0) is 10.0 Å². The molecule has 8 nitrogen and oxygen atoms in total. The summed E-state index contributed by atoms with van der Waals surface area (Å²) in [5, 5.41) is 13.3. The molecule has 2 rings (SSSR count). The summed E-state index contributed by atoms with van der Waals surface area (Å²) < 4.78 is 28.6. The lowest BCUT2D eigenvalue weighted by atomic mass is 10.2. The number of anilines is 2. The largest absolute Gasteiger partial charge is 0.367 e. The maximum atomic E-state index is 12.6. The van der Waals surface area contributed by atoms with Gasteiger partial charge in [-0.1, -0.05) is 12.1 Å². The number of aryl methyl sites for hydroxylation is 1. The van der Waals surface area contributed by atoms with Crippen molar-refractivity contribution in [2.75, 3.05) is 5.32 Å². The van der Waals surface area contributed by atoms with Crippen LogP contribution in [0.4, 0.5) is 11.4 Å². The number of nitrogens with one attached hydrogen (secondary N) is 1. The lowest BCUT2D eigenvalue weighted by Gasteiger charge is -2.19. The quantitative estimate of drug-likeness (QED) is 0.423. The van der Waals surface area contributed by atoms with Crippen molar-refractivity contribution in [3.8, 4) is 0 Å². The summed E-state index contributed by atoms with van der Waals surface area (Å²) in [7, 11) is -4.16. The molecule has 0 radical (unpaired) electrons. The van der Waals surface area contributed by atoms with Crippen molar-refractivity contribution in [2.45, 2.75) is 31.7 Å². The topological polar surface area (TPSA) is 121 Å². The van der Waals surface area contributed by atoms with Gasteiger partial charge in [0.1, 0.15) is 4.90 Å². The average Bonchev–Trinajstić information content (AvgIpc) is 2.54. The Morgan fingerprint density at radius 2 is 2.08 bits per heavy atom. The summed E-state index contributed by atoms with van der Waals surface area (Å²) >= 11 is 0. The minimum atomic E-state index is -4.16. The number of sulfonamides is 1. The highest BCUT2D eigenvalue weighted by molar-refractivity contribution is 7.90. The van der Waals surface area contributed by atoms with Gasteiger partial charge >= 0.3 is 0 Å². The van der Waals surface area contributed by atoms with E-state index >= 15 is 0 Å². The monoisotopic (exact) mass is 363 g/mol. The molecule has 2 aromatic rings. The van der Waals surface area contributed by atoms with E-state index in [1.165, 1.54) is 18.5 Å². The molecular weight excluding hydrogens is 342 g/mol. The van der Waals surface area contributed by atoms with Gasteiger partial charge in [0.25, 0.3) is 10.0 Å². The van der Waals surface area contributed by atoms with Crippen LogP contribution in [-0.4, -0.2) is 35.7 Å². The summed E-state index contributed by atoms with van der Waals surface area (Å²) in [6.45, 7) is 5.22. The highest BCUT2D eigenvalue weighted by atomic mass is 32.2. The van der Waals surface area contributed by atoms with E-state index in [0.717, 1.165) is 11.3 Å². The molecule has 0 unspecified atom stereocenters. The number of hydrogen-bond donors (Lipinski definition) is 3. The van der Waals surface area contributed by atoms with Crippen LogP contribution in [0.15, 0.2) is 52.0 Å². The zero-order valence-electron chi connectivity index (χ0n) is 14.2. The van der Waals surface area contributed by atoms with Crippen LogP contribution in [0.25, 0.3) is 0 Å². The molecule has 0 aliphatic rings. The fourth-order valence-electron chi connectivity index (χ4n) is 2.05. The number of hydrogen-bond acceptors (Lipinski definition) is 5. The van der Waals surface area contributed by atoms with Crippen LogP contribution in [0.2, 0.25) is 0 Å². The molecule has 0 saturated heterocycles. The molecule has 0 bridgehead atoms. The van der Waals surface area contributed by atoms with Gasteiger partial charge in [-0.05, 0) is 44.5 Å². The van der Waals surface area contributed by atoms with Crippen LogP contribution in [0.5, 0.6) is 0 Å². The Hall–Kier alpha value is -2.65. The number of guanidine groups is 1. The summed E-state index contributed by atoms with van der Waals surface area (Å²) in [6, 6.07) is 8.59. The number of benzene rings is 1. The molecule has 134 valence electrons. The second-order valence-electron chi connectivity index (χ2n) is 5.73. The van der Waals surface area contributed by atoms with Gasteiger partial charge in [0.15, 0.2) is 0 Å². The Morgan fingerprint density at radius 3 is 2.72 bits per heavy atom. The molecule has 0 fully saturated rings. The number of hydroxylamine groups is 2. The summed E-state index contributed by atoms with van der Waals surface area (Å²) in [6.07, 6.45) is 2.65. The molecule has 1 heterocycles. The molecule has 0 aliphatic heterocycles. The van der Waals surface area contributed by atoms with E-state index in [9.17, 15) is 13.6 Å². The minimum absolute atomic E-state index is 0.142. The first-order valence-electron chi connectivity index (χ1n) is 7.57. The van der Waals surface area contributed by atoms with Gasteiger partial charge in [-0.3, -0.25) is 10.2 Å². The maximum absolute atomic E-state index is 12.6. The van der Waals surface area contributed by atoms with Crippen LogP contribution in [0, 0.1) is 6.92 Å². The van der Waals surface area contributed by atoms with Crippen LogP contribution < -0.4 is 11.1 Å². The summed E-state index contributed by atoms with van der Waals surface area (Å²) in [5.41, 5.74) is 7.64. The first-order chi connectivity index (χ1) is 11.7. The van der Waals surface area contributed by atoms with Gasteiger partial charge in [-0.2, -0.15) is 8.42 Å². The Morgan fingerprint density at radius 1 is 1.36 bits per heavy atom. The molecule has 25 heavy (non-hydrogen) atoms. The van der Waals surface area contributed by atoms with Gasteiger partial charge in [0.2, 0.25) is 5.96 Å². The lowest BCUT2D eigenvalue weighted by molar-refractivity contribution is -0.0431. The number of nitrogens with zero attached hydrogens (tertiary/aromatic N) is 3. The van der Waals surface area contributed by atoms with E-state index in [1.54, 1.807) is 13.8 Å². The van der Waals surface area contributed by atoms with Crippen molar-refractivity contribution in [1.82, 2.24) is 10.0 Å². The van der Waals surface area contributed by atoms with E-state index in [4.69, 9.17) is 5.73 Å². The van der Waals surface area contributed by atoms with E-state index in [1.807, 2.05) is 31.2 Å². The number of nitrogens with two attached hydrogens (primary N) is 1. The fraction of sp³-hybridized carbons (Fsp3) is 0.250. The van der Waals surface area contributed by atoms with Crippen molar-refractivity contribution in [2.24, 2.45) is 10.1 Å². The predicted octanol–water partition coefficient (Wildman–Crippen LogP) is 2.24. The Balaban J connectivity index is 2.41. The average molecular weight is 363 g/mol. The molecule has 1 aromatic carbocycles. The second kappa shape index (κ2) is 7.49. The Kier molecular flexibility index (Phi) is 5.60. The Bertz CT molecular complexity index is 881. The third-order valence-electron chi connectivity index (χ3n) is 3.30. The Labute approximate surface area is 147 Å². The highest BCUT2D eigenvalue weighted by Crippen LogP contribution is 2.26. The maximum Gasteiger partial charge on any atom is 0.289 e. The van der Waals surface area contributed by atoms with Crippen molar-refractivity contribution >= 4 is 27.4 Å². The standard InChI is InChI=1S/C16H21N5O3S/c1-11(2)21(22)16(17)20-25(23,24)15-10-18-8-7-14(15)19-13-6-4-5-12(3)9-13/h4-11,22H,1-3H3,(H2,17,20)(H,18,19). The number of rotatable bonds is 5. The predicted molar refractivity (Wildman–Crippen MR) is 96.3 cm³/mol. The van der Waals surface area contributed by atoms with Gasteiger partial charge in [0.05, 0.1) is 11.7 Å². The first-order valence-corrected chi connectivity index (χ1v) is 9.01. The molecule has 4 N–H and O–H groups in total. The normalized spacial score (nSPS) is 12.3. The van der Waals surface area contributed by atoms with Gasteiger partial charge in [0, 0.05) is 18.1 Å². The van der Waals surface area contributed by atoms with Crippen LogP contribution >= 0.6 is 0 Å². The zero-order valence-corrected chi connectivity index (χ0v) is 15.0. The molecule has 0 amide bonds. The van der Waals surface area contributed by atoms with E-state index in [2.05, 4.69) is 14.7 Å². The summed E-state index contributed by atoms with van der Waals surface area (Å²) in [5.74, 6) is -0.514. The van der Waals surface area contributed by atoms with Crippen molar-refractivity contribution < 1.29 is 13.6 Å². The van der Waals surface area contributed by atoms with Crippen molar-refractivity contribution in [3.63, 3.8) is 0 Å². The lowest BCUT2D eigenvalue weighted by Crippen LogP contribution is -2.40. The fourth-order valence-corrected chi connectivity index (χ4v) is 3.07. The molecular formula is C16H21N5O3S. The van der Waals surface area contributed by atoms with Gasteiger partial charge in [-0.15, -0.1) is 4.40 Å². The molecule has 0 spiro atoms. The number of pyridine rings is 1. The highest BCUT2D eigenvalue weighted by Gasteiger charge is 2.21. The van der Waals surface area contributed by atoms with Crippen LogP contribution in [0.3, 0.4) is 0 Å². The van der Waals surface area contributed by atoms with Crippen molar-refractivity contribution in [3.05, 3.63) is 48.3 Å². The van der Waals surface area contributed by atoms with E-state index in [-0.39, 0.29) is 4.90 Å². The van der Waals surface area contributed by atoms with Crippen molar-refractivity contribution in [1.29, 1.82) is 0 Å².